The molecule has 0 bridgehead atoms. The van der Waals surface area contributed by atoms with Crippen LogP contribution in [0.3, 0.4) is 0 Å². The number of carbonyl (C=O) groups is 3. The minimum Gasteiger partial charge on any atom is -0.457 e. The number of aryl methyl sites for hydroxylation is 1. The monoisotopic (exact) mass is 559 g/mol. The summed E-state index contributed by atoms with van der Waals surface area (Å²) in [6.45, 7) is 6.24. The number of nitrogens with zero attached hydrogens (tertiary/aromatic N) is 1. The van der Waals surface area contributed by atoms with Gasteiger partial charge in [-0.15, -0.1) is 0 Å². The number of rotatable bonds is 7. The summed E-state index contributed by atoms with van der Waals surface area (Å²) in [5.74, 6) is 1.08. The zero-order valence-electron chi connectivity index (χ0n) is 22.3. The van der Waals surface area contributed by atoms with Gasteiger partial charge in [-0.1, -0.05) is 36.5 Å². The molecule has 1 aliphatic carbocycles. The van der Waals surface area contributed by atoms with Crippen LogP contribution in [0.5, 0.6) is 11.5 Å². The Morgan fingerprint density at radius 3 is 2.60 bits per heavy atom. The average molecular weight is 560 g/mol. The molecule has 5 atom stereocenters. The number of ether oxygens (including phenoxy) is 1. The maximum atomic E-state index is 13.6. The van der Waals surface area contributed by atoms with Crippen LogP contribution in [0, 0.1) is 12.8 Å². The Balaban J connectivity index is 1.19. The van der Waals surface area contributed by atoms with Crippen LogP contribution in [0.15, 0.2) is 71.8 Å². The Bertz CT molecular complexity index is 1380. The predicted molar refractivity (Wildman–Crippen MR) is 155 cm³/mol. The van der Waals surface area contributed by atoms with E-state index in [1.807, 2.05) is 60.4 Å². The van der Waals surface area contributed by atoms with Crippen molar-refractivity contribution >= 4 is 35.3 Å². The maximum absolute atomic E-state index is 13.6. The van der Waals surface area contributed by atoms with Crippen molar-refractivity contribution in [2.75, 3.05) is 11.4 Å². The number of carbonyl (C=O) groups excluding carboxylic acids is 3. The van der Waals surface area contributed by atoms with Gasteiger partial charge in [0, 0.05) is 29.4 Å². The van der Waals surface area contributed by atoms with E-state index in [0.29, 0.717) is 22.8 Å². The van der Waals surface area contributed by atoms with Crippen LogP contribution in [-0.2, 0) is 9.59 Å². The fraction of sp³-hybridized carbons (Fsp3) is 0.367. The van der Waals surface area contributed by atoms with Gasteiger partial charge in [0.25, 0.3) is 5.91 Å². The van der Waals surface area contributed by atoms with Crippen LogP contribution < -0.4 is 30.9 Å². The Hall–Kier alpha value is -3.76. The summed E-state index contributed by atoms with van der Waals surface area (Å²) >= 11 is 1.50. The minimum atomic E-state index is -0.224. The molecule has 2 aromatic carbocycles. The van der Waals surface area contributed by atoms with Gasteiger partial charge in [0.05, 0.1) is 16.3 Å². The molecule has 3 aliphatic heterocycles. The highest BCUT2D eigenvalue weighted by Crippen LogP contribution is 2.48. The number of piperidine rings is 1. The first-order valence-corrected chi connectivity index (χ1v) is 14.6. The van der Waals surface area contributed by atoms with E-state index >= 15 is 0 Å². The zero-order chi connectivity index (χ0) is 27.8. The number of amides is 4. The lowest BCUT2D eigenvalue weighted by Gasteiger charge is -2.46. The molecule has 4 N–H and O–H groups in total. The fourth-order valence-corrected chi connectivity index (χ4v) is 7.64. The molecule has 1 saturated carbocycles. The van der Waals surface area contributed by atoms with Gasteiger partial charge in [-0.3, -0.25) is 14.5 Å². The second kappa shape index (κ2) is 11.0. The van der Waals surface area contributed by atoms with Crippen molar-refractivity contribution in [2.24, 2.45) is 5.92 Å². The second-order valence-electron chi connectivity index (χ2n) is 10.7. The van der Waals surface area contributed by atoms with Crippen LogP contribution in [0.2, 0.25) is 0 Å². The van der Waals surface area contributed by atoms with E-state index < -0.39 is 0 Å². The molecule has 0 radical (unpaired) electrons. The summed E-state index contributed by atoms with van der Waals surface area (Å²) in [6.07, 6.45) is 4.32. The molecule has 3 unspecified atom stereocenters. The highest BCUT2D eigenvalue weighted by molar-refractivity contribution is 8.04. The largest absolute Gasteiger partial charge is 0.457 e. The number of hydrogen-bond acceptors (Lipinski definition) is 6. The van der Waals surface area contributed by atoms with E-state index in [1.54, 1.807) is 0 Å². The van der Waals surface area contributed by atoms with Crippen molar-refractivity contribution in [2.45, 2.75) is 56.1 Å². The third kappa shape index (κ3) is 5.09. The van der Waals surface area contributed by atoms with Gasteiger partial charge in [0.2, 0.25) is 5.91 Å². The third-order valence-corrected chi connectivity index (χ3v) is 9.41. The topological polar surface area (TPSA) is 112 Å². The minimum absolute atomic E-state index is 0.00167. The molecular weight excluding hydrogens is 526 g/mol. The molecule has 3 heterocycles. The lowest BCUT2D eigenvalue weighted by molar-refractivity contribution is -0.117. The van der Waals surface area contributed by atoms with Gasteiger partial charge in [-0.2, -0.15) is 0 Å². The molecule has 208 valence electrons. The number of para-hydroxylation sites is 1. The number of urea groups is 1. The maximum Gasteiger partial charge on any atom is 0.326 e. The molecule has 6 rings (SSSR count). The SMILES string of the molecule is C=CC(=O)N[C@H]1CC[C@@H](NC(=O)C2=C3NC(=O)N(c4ccc(Oc5ccccc5)cc4C)C4CCNC(S2)C34)C1. The summed E-state index contributed by atoms with van der Waals surface area (Å²) < 4.78 is 6.00. The molecule has 2 aromatic rings. The predicted octanol–water partition coefficient (Wildman–Crippen LogP) is 3.92. The van der Waals surface area contributed by atoms with Crippen LogP contribution in [0.1, 0.15) is 31.2 Å². The summed E-state index contributed by atoms with van der Waals surface area (Å²) in [5.41, 5.74) is 2.49. The highest BCUT2D eigenvalue weighted by atomic mass is 32.2. The molecule has 4 aliphatic rings. The summed E-state index contributed by atoms with van der Waals surface area (Å²) in [6, 6.07) is 15.1. The summed E-state index contributed by atoms with van der Waals surface area (Å²) in [4.78, 5) is 41.1. The fourth-order valence-electron chi connectivity index (χ4n) is 6.24. The first kappa shape index (κ1) is 26.5. The normalized spacial score (nSPS) is 27.1. The standard InChI is InChI=1S/C30H33N5O4S/c1-3-24(36)32-18-9-10-19(16-18)33-28(37)27-26-25-23(13-14-31-29(25)40-27)35(30(38)34-26)22-12-11-21(15-17(22)2)39-20-7-5-4-6-8-20/h3-8,11-12,15,18-19,23,25,29,31H,1,9-10,13-14,16H2,2H3,(H,32,36)(H,33,37)(H,34,38)/t18-,19+,23?,25?,29?/m0/s1. The van der Waals surface area contributed by atoms with Crippen molar-refractivity contribution in [1.29, 1.82) is 0 Å². The Morgan fingerprint density at radius 1 is 1.07 bits per heavy atom. The van der Waals surface area contributed by atoms with Crippen LogP contribution >= 0.6 is 11.8 Å². The van der Waals surface area contributed by atoms with E-state index in [0.717, 1.165) is 42.8 Å². The van der Waals surface area contributed by atoms with Crippen LogP contribution in [-0.4, -0.2) is 47.9 Å². The number of nitrogens with one attached hydrogen (secondary N) is 4. The Labute approximate surface area is 237 Å². The lowest BCUT2D eigenvalue weighted by atomic mass is 9.86. The van der Waals surface area contributed by atoms with Crippen LogP contribution in [0.4, 0.5) is 10.5 Å². The zero-order valence-corrected chi connectivity index (χ0v) is 23.1. The van der Waals surface area contributed by atoms with Gasteiger partial charge in [0.15, 0.2) is 0 Å². The smallest absolute Gasteiger partial charge is 0.326 e. The quantitative estimate of drug-likeness (QED) is 0.383. The molecular formula is C30H33N5O4S. The second-order valence-corrected chi connectivity index (χ2v) is 11.8. The highest BCUT2D eigenvalue weighted by Gasteiger charge is 2.52. The van der Waals surface area contributed by atoms with Crippen molar-refractivity contribution in [3.05, 3.63) is 77.4 Å². The van der Waals surface area contributed by atoms with Gasteiger partial charge in [0.1, 0.15) is 11.5 Å². The molecule has 0 spiro atoms. The Kier molecular flexibility index (Phi) is 7.29. The van der Waals surface area contributed by atoms with Gasteiger partial charge in [-0.05, 0) is 81.1 Å². The molecule has 2 saturated heterocycles. The Morgan fingerprint density at radius 2 is 1.85 bits per heavy atom. The molecule has 10 heteroatoms. The van der Waals surface area contributed by atoms with E-state index in [9.17, 15) is 14.4 Å². The van der Waals surface area contributed by atoms with E-state index in [2.05, 4.69) is 27.8 Å². The first-order chi connectivity index (χ1) is 19.4. The van der Waals surface area contributed by atoms with E-state index in [1.165, 1.54) is 17.8 Å². The third-order valence-electron chi connectivity index (χ3n) is 8.05. The van der Waals surface area contributed by atoms with Crippen molar-refractivity contribution in [3.8, 4) is 11.5 Å². The van der Waals surface area contributed by atoms with Crippen LogP contribution in [0.25, 0.3) is 0 Å². The molecule has 4 amide bonds. The van der Waals surface area contributed by atoms with Gasteiger partial charge < -0.3 is 26.0 Å². The molecule has 3 fully saturated rings. The number of thioether (sulfide) groups is 1. The van der Waals surface area contributed by atoms with Crippen molar-refractivity contribution in [1.82, 2.24) is 21.3 Å². The first-order valence-electron chi connectivity index (χ1n) is 13.7. The van der Waals surface area contributed by atoms with Gasteiger partial charge >= 0.3 is 6.03 Å². The van der Waals surface area contributed by atoms with Crippen molar-refractivity contribution in [3.63, 3.8) is 0 Å². The lowest BCUT2D eigenvalue weighted by Crippen LogP contribution is -2.62. The molecule has 0 aromatic heterocycles. The molecule has 9 nitrogen and oxygen atoms in total. The van der Waals surface area contributed by atoms with E-state index in [4.69, 9.17) is 4.74 Å². The summed E-state index contributed by atoms with van der Waals surface area (Å²) in [7, 11) is 0. The summed E-state index contributed by atoms with van der Waals surface area (Å²) in [5, 5.41) is 12.7. The molecule has 40 heavy (non-hydrogen) atoms. The number of benzene rings is 2. The van der Waals surface area contributed by atoms with Crippen molar-refractivity contribution < 1.29 is 19.1 Å². The average Bonchev–Trinajstić information content (AvgIpc) is 3.55. The van der Waals surface area contributed by atoms with E-state index in [-0.39, 0.29) is 47.3 Å². The number of anilines is 1. The van der Waals surface area contributed by atoms with Gasteiger partial charge in [-0.25, -0.2) is 4.79 Å². The number of hydrogen-bond donors (Lipinski definition) is 4.